The average Bonchev–Trinajstić information content (AvgIpc) is 2.79. The Balaban J connectivity index is 2.54. The number of carbonyl (C=O) groups excluding carboxylic acids is 3. The molecule has 3 N–H and O–H groups in total. The largest absolute Gasteiger partial charge is 0.444 e. The highest BCUT2D eigenvalue weighted by molar-refractivity contribution is 6.34. The number of benzene rings is 2. The van der Waals surface area contributed by atoms with Gasteiger partial charge in [-0.3, -0.25) is 9.59 Å². The van der Waals surface area contributed by atoms with Gasteiger partial charge in [-0.1, -0.05) is 67.4 Å². The molecule has 0 spiro atoms. The van der Waals surface area contributed by atoms with Crippen LogP contribution >= 0.6 is 11.6 Å². The average molecular weight is 546 g/mol. The molecule has 0 saturated carbocycles. The lowest BCUT2D eigenvalue weighted by molar-refractivity contribution is -0.141. The molecule has 0 fully saturated rings. The van der Waals surface area contributed by atoms with Crippen molar-refractivity contribution in [3.63, 3.8) is 0 Å². The van der Waals surface area contributed by atoms with E-state index in [4.69, 9.17) is 16.3 Å². The minimum absolute atomic E-state index is 0.0480. The van der Waals surface area contributed by atoms with Crippen LogP contribution < -0.4 is 10.6 Å². The number of aliphatic hydroxyl groups is 1. The molecule has 208 valence electrons. The maximum atomic E-state index is 14.0. The number of para-hydroxylation sites is 1. The third-order valence-electron chi connectivity index (χ3n) is 5.71. The predicted molar refractivity (Wildman–Crippen MR) is 150 cm³/mol. The van der Waals surface area contributed by atoms with Crippen molar-refractivity contribution in [1.82, 2.24) is 10.2 Å². The maximum absolute atomic E-state index is 14.0. The third kappa shape index (κ3) is 9.03. The van der Waals surface area contributed by atoms with Gasteiger partial charge in [0.2, 0.25) is 5.91 Å². The summed E-state index contributed by atoms with van der Waals surface area (Å²) in [7, 11) is 0. The standard InChI is InChI=1S/C29H40ClN3O5/c1-18(2)16-23(31-28(37)38-29(5,6)7)27(36)33(14-15-34)25(21-12-8-10-19(3)17-21)26(35)32-24-20(4)11-9-13-22(24)30/h8-13,17-18,23,25,34H,14-16H2,1-7H3,(H,31,37)(H,32,35). The second-order valence-corrected chi connectivity index (χ2v) is 11.2. The molecule has 0 heterocycles. The number of anilines is 1. The number of rotatable bonds is 10. The third-order valence-corrected chi connectivity index (χ3v) is 6.02. The van der Waals surface area contributed by atoms with E-state index in [1.807, 2.05) is 45.9 Å². The highest BCUT2D eigenvalue weighted by Crippen LogP contribution is 2.30. The molecule has 0 aliphatic carbocycles. The molecule has 8 nitrogen and oxygen atoms in total. The van der Waals surface area contributed by atoms with Gasteiger partial charge in [0, 0.05) is 6.54 Å². The lowest BCUT2D eigenvalue weighted by atomic mass is 9.98. The van der Waals surface area contributed by atoms with Crippen molar-refractivity contribution in [2.45, 2.75) is 72.6 Å². The quantitative estimate of drug-likeness (QED) is 0.370. The predicted octanol–water partition coefficient (Wildman–Crippen LogP) is 5.40. The molecule has 0 aliphatic rings. The highest BCUT2D eigenvalue weighted by atomic mass is 35.5. The van der Waals surface area contributed by atoms with Crippen LogP contribution in [0.1, 0.15) is 63.8 Å². The van der Waals surface area contributed by atoms with Crippen LogP contribution in [-0.4, -0.2) is 52.7 Å². The van der Waals surface area contributed by atoms with Crippen LogP contribution in [0.3, 0.4) is 0 Å². The normalized spacial score (nSPS) is 13.0. The smallest absolute Gasteiger partial charge is 0.408 e. The molecule has 3 amide bonds. The van der Waals surface area contributed by atoms with E-state index < -0.39 is 35.6 Å². The van der Waals surface area contributed by atoms with Crippen LogP contribution in [0.4, 0.5) is 10.5 Å². The Morgan fingerprint density at radius 3 is 2.29 bits per heavy atom. The topological polar surface area (TPSA) is 108 Å². The van der Waals surface area contributed by atoms with E-state index >= 15 is 0 Å². The number of hydrogen-bond acceptors (Lipinski definition) is 5. The van der Waals surface area contributed by atoms with Crippen LogP contribution in [0.5, 0.6) is 0 Å². The number of amides is 3. The molecule has 0 aliphatic heterocycles. The van der Waals surface area contributed by atoms with Crippen molar-refractivity contribution < 1.29 is 24.2 Å². The summed E-state index contributed by atoms with van der Waals surface area (Å²) in [5.74, 6) is -0.947. The Morgan fingerprint density at radius 2 is 1.74 bits per heavy atom. The Hall–Kier alpha value is -3.10. The first-order chi connectivity index (χ1) is 17.7. The number of carbonyl (C=O) groups is 3. The molecule has 0 saturated heterocycles. The summed E-state index contributed by atoms with van der Waals surface area (Å²) in [6.07, 6.45) is -0.421. The fourth-order valence-electron chi connectivity index (χ4n) is 4.11. The van der Waals surface area contributed by atoms with Gasteiger partial charge in [-0.25, -0.2) is 4.79 Å². The summed E-state index contributed by atoms with van der Waals surface area (Å²) in [5.41, 5.74) is 1.92. The zero-order valence-corrected chi connectivity index (χ0v) is 24.1. The van der Waals surface area contributed by atoms with Crippen molar-refractivity contribution >= 4 is 35.2 Å². The van der Waals surface area contributed by atoms with Crippen LogP contribution in [0.25, 0.3) is 0 Å². The highest BCUT2D eigenvalue weighted by Gasteiger charge is 2.36. The molecule has 0 aromatic heterocycles. The molecule has 38 heavy (non-hydrogen) atoms. The molecule has 2 atom stereocenters. The molecule has 9 heteroatoms. The van der Waals surface area contributed by atoms with E-state index in [-0.39, 0.29) is 19.1 Å². The van der Waals surface area contributed by atoms with E-state index in [0.29, 0.717) is 22.7 Å². The van der Waals surface area contributed by atoms with Gasteiger partial charge < -0.3 is 25.4 Å². The van der Waals surface area contributed by atoms with Gasteiger partial charge in [-0.05, 0) is 64.2 Å². The Labute approximate surface area is 230 Å². The van der Waals surface area contributed by atoms with Crippen LogP contribution in [-0.2, 0) is 14.3 Å². The summed E-state index contributed by atoms with van der Waals surface area (Å²) in [5, 5.41) is 15.9. The Bertz CT molecular complexity index is 1110. The summed E-state index contributed by atoms with van der Waals surface area (Å²) in [6.45, 7) is 12.3. The van der Waals surface area contributed by atoms with Gasteiger partial charge in [-0.2, -0.15) is 0 Å². The van der Waals surface area contributed by atoms with E-state index in [1.54, 1.807) is 45.0 Å². The van der Waals surface area contributed by atoms with Gasteiger partial charge in [0.25, 0.3) is 5.91 Å². The summed E-state index contributed by atoms with van der Waals surface area (Å²) < 4.78 is 5.39. The van der Waals surface area contributed by atoms with Crippen molar-refractivity contribution in [3.05, 3.63) is 64.2 Å². The number of hydrogen-bond donors (Lipinski definition) is 3. The number of aryl methyl sites for hydroxylation is 2. The minimum atomic E-state index is -1.10. The molecular formula is C29H40ClN3O5. The van der Waals surface area contributed by atoms with Gasteiger partial charge in [0.1, 0.15) is 17.7 Å². The second kappa shape index (κ2) is 13.6. The fraction of sp³-hybridized carbons (Fsp3) is 0.483. The summed E-state index contributed by atoms with van der Waals surface area (Å²) in [6, 6.07) is 10.5. The van der Waals surface area contributed by atoms with Crippen LogP contribution in [0, 0.1) is 19.8 Å². The van der Waals surface area contributed by atoms with E-state index in [9.17, 15) is 19.5 Å². The van der Waals surface area contributed by atoms with Gasteiger partial charge in [-0.15, -0.1) is 0 Å². The molecule has 2 aromatic rings. The SMILES string of the molecule is Cc1cccc(C(C(=O)Nc2c(C)cccc2Cl)N(CCO)C(=O)C(CC(C)C)NC(=O)OC(C)(C)C)c1. The van der Waals surface area contributed by atoms with Crippen LogP contribution in [0.2, 0.25) is 5.02 Å². The zero-order chi connectivity index (χ0) is 28.6. The van der Waals surface area contributed by atoms with Crippen LogP contribution in [0.15, 0.2) is 42.5 Å². The van der Waals surface area contributed by atoms with Gasteiger partial charge in [0.15, 0.2) is 0 Å². The lowest BCUT2D eigenvalue weighted by Gasteiger charge is -2.34. The Kier molecular flexibility index (Phi) is 11.2. The fourth-order valence-corrected chi connectivity index (χ4v) is 4.38. The summed E-state index contributed by atoms with van der Waals surface area (Å²) in [4.78, 5) is 41.8. The van der Waals surface area contributed by atoms with Crippen molar-refractivity contribution in [2.24, 2.45) is 5.92 Å². The van der Waals surface area contributed by atoms with Crippen molar-refractivity contribution in [3.8, 4) is 0 Å². The molecular weight excluding hydrogens is 506 g/mol. The Morgan fingerprint density at radius 1 is 1.08 bits per heavy atom. The molecule has 0 bridgehead atoms. The maximum Gasteiger partial charge on any atom is 0.408 e. The van der Waals surface area contributed by atoms with Crippen molar-refractivity contribution in [1.29, 1.82) is 0 Å². The second-order valence-electron chi connectivity index (χ2n) is 10.8. The monoisotopic (exact) mass is 545 g/mol. The molecule has 2 rings (SSSR count). The van der Waals surface area contributed by atoms with E-state index in [0.717, 1.165) is 11.1 Å². The number of ether oxygens (including phenoxy) is 1. The molecule has 2 aromatic carbocycles. The lowest BCUT2D eigenvalue weighted by Crippen LogP contribution is -2.53. The number of aliphatic hydroxyl groups excluding tert-OH is 1. The zero-order valence-electron chi connectivity index (χ0n) is 23.3. The molecule has 0 radical (unpaired) electrons. The van der Waals surface area contributed by atoms with Gasteiger partial charge in [0.05, 0.1) is 17.3 Å². The van der Waals surface area contributed by atoms with Crippen molar-refractivity contribution in [2.75, 3.05) is 18.5 Å². The first-order valence-corrected chi connectivity index (χ1v) is 13.1. The summed E-state index contributed by atoms with van der Waals surface area (Å²) >= 11 is 6.37. The number of nitrogens with one attached hydrogen (secondary N) is 2. The molecule has 2 unspecified atom stereocenters. The van der Waals surface area contributed by atoms with Gasteiger partial charge >= 0.3 is 6.09 Å². The first kappa shape index (κ1) is 31.1. The number of nitrogens with zero attached hydrogens (tertiary/aromatic N) is 1. The van der Waals surface area contributed by atoms with E-state index in [2.05, 4.69) is 10.6 Å². The number of halogens is 1. The minimum Gasteiger partial charge on any atom is -0.444 e. The number of alkyl carbamates (subject to hydrolysis) is 1. The van der Waals surface area contributed by atoms with E-state index in [1.165, 1.54) is 4.90 Å². The first-order valence-electron chi connectivity index (χ1n) is 12.8.